The third-order valence-corrected chi connectivity index (χ3v) is 6.76. The van der Waals surface area contributed by atoms with Crippen molar-refractivity contribution in [2.24, 2.45) is 5.92 Å². The van der Waals surface area contributed by atoms with Crippen molar-refractivity contribution in [2.45, 2.75) is 58.4 Å². The first-order valence-corrected chi connectivity index (χ1v) is 10.5. The van der Waals surface area contributed by atoms with Crippen LogP contribution in [0.15, 0.2) is 18.2 Å². The molecule has 0 saturated carbocycles. The summed E-state index contributed by atoms with van der Waals surface area (Å²) in [4.78, 5) is 2.08. The molecule has 0 bridgehead atoms. The van der Waals surface area contributed by atoms with Gasteiger partial charge in [0.2, 0.25) is 0 Å². The Morgan fingerprint density at radius 2 is 2.11 bits per heavy atom. The molecule has 2 aliphatic rings. The van der Waals surface area contributed by atoms with Crippen molar-refractivity contribution in [2.75, 3.05) is 26.1 Å². The number of nitrogens with one attached hydrogen (secondary N) is 1. The van der Waals surface area contributed by atoms with Gasteiger partial charge < -0.3 is 5.11 Å². The lowest BCUT2D eigenvalue weighted by Gasteiger charge is -2.47. The van der Waals surface area contributed by atoms with Gasteiger partial charge in [-0.15, -0.1) is 12.4 Å². The maximum atomic E-state index is 13.4. The fourth-order valence-corrected chi connectivity index (χ4v) is 5.34. The molecule has 1 aliphatic heterocycles. The monoisotopic (exact) mass is 441 g/mol. The molecule has 3 atom stereocenters. The van der Waals surface area contributed by atoms with Gasteiger partial charge in [0.05, 0.1) is 0 Å². The quantitative estimate of drug-likeness (QED) is 0.682. The maximum absolute atomic E-state index is 13.4. The summed E-state index contributed by atoms with van der Waals surface area (Å²) in [6.45, 7) is -12.3. The van der Waals surface area contributed by atoms with E-state index in [9.17, 15) is 13.5 Å². The van der Waals surface area contributed by atoms with E-state index in [0.29, 0.717) is 19.4 Å². The van der Waals surface area contributed by atoms with E-state index in [1.807, 2.05) is 13.0 Å². The average Bonchev–Trinajstić information content (AvgIpc) is 2.70. The second kappa shape index (κ2) is 9.76. The third-order valence-electron chi connectivity index (χ3n) is 5.47. The predicted octanol–water partition coefficient (Wildman–Crippen LogP) is 2.56. The number of phenols is 1. The van der Waals surface area contributed by atoms with Gasteiger partial charge >= 0.3 is 0 Å². The van der Waals surface area contributed by atoms with Crippen LogP contribution in [0.4, 0.5) is 0 Å². The molecule has 160 valence electrons. The minimum Gasteiger partial charge on any atom is -0.508 e. The molecule has 28 heavy (non-hydrogen) atoms. The molecule has 0 spiro atoms. The second-order valence-electron chi connectivity index (χ2n) is 7.19. The van der Waals surface area contributed by atoms with Crippen LogP contribution in [0.3, 0.4) is 0 Å². The smallest absolute Gasteiger partial charge is 0.279 e. The minimum absolute atomic E-state index is 0. The molecular weight excluding hydrogens is 398 g/mol. The number of phenolic OH excluding ortho intramolecular Hbond substituents is 1. The van der Waals surface area contributed by atoms with Gasteiger partial charge in [0.15, 0.2) is 0 Å². The molecule has 8 heteroatoms. The van der Waals surface area contributed by atoms with Crippen molar-refractivity contribution in [3.63, 3.8) is 0 Å². The molecule has 0 aromatic heterocycles. The highest BCUT2D eigenvalue weighted by molar-refractivity contribution is 7.87. The van der Waals surface area contributed by atoms with Crippen LogP contribution in [-0.2, 0) is 23.1 Å². The van der Waals surface area contributed by atoms with Crippen LogP contribution in [0.1, 0.15) is 58.3 Å². The molecule has 1 aliphatic carbocycles. The first-order valence-electron chi connectivity index (χ1n) is 14.1. The number of aromatic hydroxyl groups is 1. The molecular formula is C20H34ClN3O3S. The van der Waals surface area contributed by atoms with Crippen molar-refractivity contribution < 1.29 is 27.2 Å². The van der Waals surface area contributed by atoms with Crippen LogP contribution in [0, 0.1) is 5.92 Å². The van der Waals surface area contributed by atoms with Gasteiger partial charge in [0.25, 0.3) is 10.2 Å². The van der Waals surface area contributed by atoms with E-state index in [2.05, 4.69) is 9.62 Å². The summed E-state index contributed by atoms with van der Waals surface area (Å²) in [7, 11) is -5.31. The Morgan fingerprint density at radius 1 is 1.36 bits per heavy atom. The fraction of sp³-hybridized carbons (Fsp3) is 0.700. The lowest BCUT2D eigenvalue weighted by molar-refractivity contribution is 0.0679. The van der Waals surface area contributed by atoms with Crippen molar-refractivity contribution in [1.29, 1.82) is 0 Å². The van der Waals surface area contributed by atoms with Gasteiger partial charge in [-0.25, -0.2) is 0 Å². The summed E-state index contributed by atoms with van der Waals surface area (Å²) in [5.74, 6) is 0.0321. The SMILES string of the molecule is Cl.[2H]C([2H])([2H])C([2H])([2H])N(C([2H])([2H])C([2H])([2H])[2H])S(=O)(=O)N[C@H]1C[C@@H]2Cc3c(O)cccc3C[C@H]2N(CCC)C1. The van der Waals surface area contributed by atoms with Crippen molar-refractivity contribution in [1.82, 2.24) is 13.9 Å². The van der Waals surface area contributed by atoms with Crippen LogP contribution in [0.5, 0.6) is 5.75 Å². The van der Waals surface area contributed by atoms with Crippen LogP contribution < -0.4 is 4.72 Å². The molecule has 6 nitrogen and oxygen atoms in total. The number of hydrogen-bond donors (Lipinski definition) is 2. The van der Waals surface area contributed by atoms with Gasteiger partial charge in [-0.05, 0) is 55.3 Å². The molecule has 3 rings (SSSR count). The van der Waals surface area contributed by atoms with Gasteiger partial charge in [0.1, 0.15) is 5.75 Å². The van der Waals surface area contributed by atoms with Gasteiger partial charge in [-0.1, -0.05) is 32.8 Å². The Bertz CT molecular complexity index is 1070. The van der Waals surface area contributed by atoms with Crippen LogP contribution in [0.25, 0.3) is 0 Å². The summed E-state index contributed by atoms with van der Waals surface area (Å²) in [5, 5.41) is 10.4. The van der Waals surface area contributed by atoms with Crippen LogP contribution >= 0.6 is 12.4 Å². The summed E-state index contributed by atoms with van der Waals surface area (Å²) < 4.78 is 105. The zero-order valence-electron chi connectivity index (χ0n) is 25.7. The predicted molar refractivity (Wildman–Crippen MR) is 115 cm³/mol. The maximum Gasteiger partial charge on any atom is 0.279 e. The van der Waals surface area contributed by atoms with E-state index >= 15 is 0 Å². The lowest BCUT2D eigenvalue weighted by atomic mass is 9.74. The van der Waals surface area contributed by atoms with Crippen LogP contribution in [0.2, 0.25) is 0 Å². The number of hydrogen-bond acceptors (Lipinski definition) is 4. The zero-order chi connectivity index (χ0) is 28.2. The summed E-state index contributed by atoms with van der Waals surface area (Å²) in [6, 6.07) is 4.46. The normalized spacial score (nSPS) is 32.3. The highest BCUT2D eigenvalue weighted by Crippen LogP contribution is 2.38. The number of benzene rings is 1. The summed E-state index contributed by atoms with van der Waals surface area (Å²) in [5.41, 5.74) is 1.77. The third kappa shape index (κ3) is 4.82. The van der Waals surface area contributed by atoms with E-state index in [4.69, 9.17) is 13.7 Å². The number of fused-ring (bicyclic) bond motifs is 2. The number of piperidine rings is 1. The van der Waals surface area contributed by atoms with Gasteiger partial charge in [-0.3, -0.25) is 4.90 Å². The number of rotatable bonds is 7. The Labute approximate surface area is 189 Å². The molecule has 1 fully saturated rings. The van der Waals surface area contributed by atoms with Crippen molar-refractivity contribution in [3.05, 3.63) is 29.3 Å². The average molecular weight is 442 g/mol. The highest BCUT2D eigenvalue weighted by Gasteiger charge is 2.40. The number of likely N-dealkylation sites (tertiary alicyclic amines) is 1. The van der Waals surface area contributed by atoms with E-state index in [1.54, 1.807) is 12.1 Å². The van der Waals surface area contributed by atoms with E-state index in [-0.39, 0.29) is 43.1 Å². The summed E-state index contributed by atoms with van der Waals surface area (Å²) >= 11 is 0. The molecule has 1 aromatic carbocycles. The zero-order valence-corrected chi connectivity index (χ0v) is 17.3. The minimum atomic E-state index is -5.31. The number of halogens is 1. The van der Waals surface area contributed by atoms with E-state index in [0.717, 1.165) is 17.5 Å². The first-order chi connectivity index (χ1) is 16.7. The molecule has 0 amide bonds. The molecule has 1 saturated heterocycles. The van der Waals surface area contributed by atoms with Gasteiger partial charge in [-0.2, -0.15) is 17.4 Å². The fourth-order valence-electron chi connectivity index (χ4n) is 4.41. The van der Waals surface area contributed by atoms with Crippen molar-refractivity contribution in [3.8, 4) is 5.75 Å². The lowest BCUT2D eigenvalue weighted by Crippen LogP contribution is -2.59. The highest BCUT2D eigenvalue weighted by atomic mass is 35.5. The molecule has 2 N–H and O–H groups in total. The first kappa shape index (κ1) is 12.7. The van der Waals surface area contributed by atoms with E-state index in [1.165, 1.54) is 0 Å². The molecule has 0 radical (unpaired) electrons. The number of nitrogens with zero attached hydrogens (tertiary/aromatic N) is 2. The topological polar surface area (TPSA) is 72.9 Å². The molecule has 1 heterocycles. The van der Waals surface area contributed by atoms with Crippen LogP contribution in [-0.4, -0.2) is 60.9 Å². The molecule has 0 unspecified atom stereocenters. The standard InChI is InChI=1S/C20H33N3O3S.ClH/c1-4-10-22-14-17(21-27(25,26)23(5-2)6-3)11-16-12-18-15(13-19(16)22)8-7-9-20(18)24;/h7-9,16-17,19,21,24H,4-6,10-14H2,1-3H3;1H/t16-,17+,19-;/m1./s1/i2D3,3D3,5D2,6D2;. The largest absolute Gasteiger partial charge is 0.508 e. The Balaban J connectivity index is 0.00000507. The van der Waals surface area contributed by atoms with E-state index < -0.39 is 47.3 Å². The Hall–Kier alpha value is -0.860. The Kier molecular flexibility index (Phi) is 4.44. The van der Waals surface area contributed by atoms with Crippen molar-refractivity contribution >= 4 is 22.6 Å². The second-order valence-corrected chi connectivity index (χ2v) is 8.74. The summed E-state index contributed by atoms with van der Waals surface area (Å²) in [6.07, 6.45) is 2.11. The molecule has 1 aromatic rings. The van der Waals surface area contributed by atoms with Gasteiger partial charge in [0, 0.05) is 45.3 Å². The Morgan fingerprint density at radius 3 is 2.79 bits per heavy atom.